The fourth-order valence-electron chi connectivity index (χ4n) is 2.67. The number of benzene rings is 1. The molecule has 2 rings (SSSR count). The first-order valence-electron chi connectivity index (χ1n) is 7.84. The molecule has 0 radical (unpaired) electrons. The van der Waals surface area contributed by atoms with E-state index in [1.807, 2.05) is 36.1 Å². The van der Waals surface area contributed by atoms with E-state index in [9.17, 15) is 4.79 Å². The van der Waals surface area contributed by atoms with Crippen molar-refractivity contribution in [3.8, 4) is 0 Å². The Labute approximate surface area is 127 Å². The van der Waals surface area contributed by atoms with Gasteiger partial charge in [-0.1, -0.05) is 36.8 Å². The average Bonchev–Trinajstić information content (AvgIpc) is 2.52. The van der Waals surface area contributed by atoms with Gasteiger partial charge in [-0.05, 0) is 31.7 Å². The zero-order valence-corrected chi connectivity index (χ0v) is 13.0. The molecule has 21 heavy (non-hydrogen) atoms. The quantitative estimate of drug-likeness (QED) is 0.906. The van der Waals surface area contributed by atoms with Crippen molar-refractivity contribution < 1.29 is 9.53 Å². The Balaban J connectivity index is 1.96. The van der Waals surface area contributed by atoms with E-state index >= 15 is 0 Å². The fraction of sp³-hybridized carbons (Fsp3) is 0.588. The van der Waals surface area contributed by atoms with Crippen molar-refractivity contribution in [2.45, 2.75) is 45.3 Å². The van der Waals surface area contributed by atoms with Crippen LogP contribution in [0.5, 0.6) is 0 Å². The monoisotopic (exact) mass is 290 g/mol. The minimum Gasteiger partial charge on any atom is -0.376 e. The van der Waals surface area contributed by atoms with Crippen molar-refractivity contribution in [1.29, 1.82) is 0 Å². The first-order valence-corrected chi connectivity index (χ1v) is 7.84. The summed E-state index contributed by atoms with van der Waals surface area (Å²) in [6.07, 6.45) is 3.19. The highest BCUT2D eigenvalue weighted by atomic mass is 16.5. The van der Waals surface area contributed by atoms with Crippen molar-refractivity contribution in [3.63, 3.8) is 0 Å². The lowest BCUT2D eigenvalue weighted by Crippen LogP contribution is -2.46. The summed E-state index contributed by atoms with van der Waals surface area (Å²) in [5.41, 5.74) is 8.18. The molecule has 2 atom stereocenters. The normalized spacial score (nSPS) is 20.3. The van der Waals surface area contributed by atoms with Crippen LogP contribution in [0.1, 0.15) is 43.4 Å². The highest BCUT2D eigenvalue weighted by molar-refractivity contribution is 5.83. The minimum absolute atomic E-state index is 0.00338. The summed E-state index contributed by atoms with van der Waals surface area (Å²) >= 11 is 0. The highest BCUT2D eigenvalue weighted by Crippen LogP contribution is 2.19. The largest absolute Gasteiger partial charge is 0.376 e. The second-order valence-corrected chi connectivity index (χ2v) is 5.81. The van der Waals surface area contributed by atoms with E-state index < -0.39 is 6.04 Å². The van der Waals surface area contributed by atoms with E-state index in [0.29, 0.717) is 6.54 Å². The van der Waals surface area contributed by atoms with E-state index in [2.05, 4.69) is 6.92 Å². The highest BCUT2D eigenvalue weighted by Gasteiger charge is 2.28. The van der Waals surface area contributed by atoms with Gasteiger partial charge in [-0.2, -0.15) is 0 Å². The van der Waals surface area contributed by atoms with Crippen LogP contribution in [0.2, 0.25) is 0 Å². The number of amides is 1. The Morgan fingerprint density at radius 3 is 2.81 bits per heavy atom. The molecule has 116 valence electrons. The summed E-state index contributed by atoms with van der Waals surface area (Å²) in [5.74, 6) is 0.00338. The summed E-state index contributed by atoms with van der Waals surface area (Å²) in [6.45, 7) is 6.33. The molecule has 1 saturated heterocycles. The van der Waals surface area contributed by atoms with Crippen molar-refractivity contribution in [2.75, 3.05) is 19.7 Å². The van der Waals surface area contributed by atoms with Gasteiger partial charge in [0.1, 0.15) is 6.04 Å². The van der Waals surface area contributed by atoms with Crippen molar-refractivity contribution in [1.82, 2.24) is 4.90 Å². The fourth-order valence-corrected chi connectivity index (χ4v) is 2.67. The molecule has 0 bridgehead atoms. The Kier molecular flexibility index (Phi) is 5.76. The molecule has 1 amide bonds. The number of hydrogen-bond acceptors (Lipinski definition) is 3. The van der Waals surface area contributed by atoms with E-state index in [-0.39, 0.29) is 12.0 Å². The van der Waals surface area contributed by atoms with Gasteiger partial charge in [-0.25, -0.2) is 0 Å². The number of hydrogen-bond donors (Lipinski definition) is 1. The molecule has 1 aliphatic heterocycles. The van der Waals surface area contributed by atoms with Crippen LogP contribution in [0.15, 0.2) is 24.3 Å². The van der Waals surface area contributed by atoms with E-state index in [4.69, 9.17) is 10.5 Å². The topological polar surface area (TPSA) is 55.6 Å². The molecule has 0 aromatic heterocycles. The molecular formula is C17H26N2O2. The lowest BCUT2D eigenvalue weighted by atomic mass is 10.0. The van der Waals surface area contributed by atoms with Gasteiger partial charge >= 0.3 is 0 Å². The molecule has 2 N–H and O–H groups in total. The third-order valence-corrected chi connectivity index (χ3v) is 3.95. The number of likely N-dealkylation sites (tertiary alicyclic amines) is 1. The number of piperidine rings is 1. The number of carbonyl (C=O) groups is 1. The maximum Gasteiger partial charge on any atom is 0.244 e. The number of ether oxygens (including phenoxy) is 1. The second-order valence-electron chi connectivity index (χ2n) is 5.81. The average molecular weight is 290 g/mol. The Morgan fingerprint density at radius 2 is 2.14 bits per heavy atom. The molecule has 1 fully saturated rings. The second kappa shape index (κ2) is 7.57. The van der Waals surface area contributed by atoms with Crippen LogP contribution in [0.25, 0.3) is 0 Å². The van der Waals surface area contributed by atoms with E-state index in [1.54, 1.807) is 0 Å². The van der Waals surface area contributed by atoms with Gasteiger partial charge in [-0.3, -0.25) is 4.79 Å². The van der Waals surface area contributed by atoms with E-state index in [0.717, 1.165) is 38.0 Å². The zero-order valence-electron chi connectivity index (χ0n) is 13.0. The van der Waals surface area contributed by atoms with Gasteiger partial charge in [0.05, 0.1) is 6.10 Å². The first-order chi connectivity index (χ1) is 10.1. The molecule has 4 nitrogen and oxygen atoms in total. The van der Waals surface area contributed by atoms with Crippen LogP contribution >= 0.6 is 0 Å². The molecule has 0 aliphatic carbocycles. The summed E-state index contributed by atoms with van der Waals surface area (Å²) in [6, 6.07) is 7.29. The number of nitrogens with zero attached hydrogens (tertiary/aromatic N) is 1. The van der Waals surface area contributed by atoms with Crippen LogP contribution in [-0.2, 0) is 9.53 Å². The van der Waals surface area contributed by atoms with Crippen LogP contribution < -0.4 is 5.73 Å². The molecular weight excluding hydrogens is 264 g/mol. The van der Waals surface area contributed by atoms with Gasteiger partial charge in [0.15, 0.2) is 0 Å². The van der Waals surface area contributed by atoms with Gasteiger partial charge in [0, 0.05) is 19.7 Å². The molecule has 4 heteroatoms. The zero-order chi connectivity index (χ0) is 15.2. The van der Waals surface area contributed by atoms with Crippen molar-refractivity contribution >= 4 is 5.91 Å². The van der Waals surface area contributed by atoms with Crippen LogP contribution in [0, 0.1) is 6.92 Å². The van der Waals surface area contributed by atoms with E-state index in [1.165, 1.54) is 5.56 Å². The molecule has 1 aromatic carbocycles. The summed E-state index contributed by atoms with van der Waals surface area (Å²) in [7, 11) is 0. The molecule has 2 unspecified atom stereocenters. The molecule has 1 heterocycles. The van der Waals surface area contributed by atoms with Gasteiger partial charge in [0.2, 0.25) is 5.91 Å². The predicted molar refractivity (Wildman–Crippen MR) is 84.0 cm³/mol. The number of carbonyl (C=O) groups excluding carboxylic acids is 1. The van der Waals surface area contributed by atoms with Crippen molar-refractivity contribution in [2.24, 2.45) is 5.73 Å². The smallest absolute Gasteiger partial charge is 0.244 e. The van der Waals surface area contributed by atoms with Crippen LogP contribution in [-0.4, -0.2) is 36.6 Å². The maximum absolute atomic E-state index is 12.5. The summed E-state index contributed by atoms with van der Waals surface area (Å²) < 4.78 is 5.78. The van der Waals surface area contributed by atoms with Crippen LogP contribution in [0.3, 0.4) is 0 Å². The maximum atomic E-state index is 12.5. The number of rotatable bonds is 5. The predicted octanol–water partition coefficient (Wildman–Crippen LogP) is 2.41. The SMILES string of the molecule is CCCOC1CCCN(C(=O)C(N)c2ccc(C)cc2)C1. The Bertz CT molecular complexity index is 458. The first kappa shape index (κ1) is 16.0. The number of aryl methyl sites for hydroxylation is 1. The molecule has 1 aromatic rings. The third-order valence-electron chi connectivity index (χ3n) is 3.95. The summed E-state index contributed by atoms with van der Waals surface area (Å²) in [4.78, 5) is 14.4. The molecule has 1 aliphatic rings. The van der Waals surface area contributed by atoms with Crippen LogP contribution in [0.4, 0.5) is 0 Å². The minimum atomic E-state index is -0.574. The summed E-state index contributed by atoms with van der Waals surface area (Å²) in [5, 5.41) is 0. The van der Waals surface area contributed by atoms with Crippen molar-refractivity contribution in [3.05, 3.63) is 35.4 Å². The van der Waals surface area contributed by atoms with Gasteiger partial charge in [-0.15, -0.1) is 0 Å². The Morgan fingerprint density at radius 1 is 1.43 bits per heavy atom. The number of nitrogens with two attached hydrogens (primary N) is 1. The molecule has 0 saturated carbocycles. The standard InChI is InChI=1S/C17H26N2O2/c1-3-11-21-15-5-4-10-19(12-15)17(20)16(18)14-8-6-13(2)7-9-14/h6-9,15-16H,3-5,10-12,18H2,1-2H3. The lowest BCUT2D eigenvalue weighted by Gasteiger charge is -2.34. The lowest BCUT2D eigenvalue weighted by molar-refractivity contribution is -0.136. The van der Waals surface area contributed by atoms with Gasteiger partial charge < -0.3 is 15.4 Å². The molecule has 0 spiro atoms. The Hall–Kier alpha value is -1.39. The van der Waals surface area contributed by atoms with Gasteiger partial charge in [0.25, 0.3) is 0 Å². The third kappa shape index (κ3) is 4.29.